The molecule has 0 spiro atoms. The maximum Gasteiger partial charge on any atom is 0.332 e. The Hall–Kier alpha value is -2.03. The number of fused-ring (bicyclic) bond motifs is 1. The monoisotopic (exact) mass is 421 g/mol. The van der Waals surface area contributed by atoms with Gasteiger partial charge in [-0.25, -0.2) is 9.78 Å². The Balaban J connectivity index is 1.95. The molecule has 1 aliphatic rings. The molecule has 2 atom stereocenters. The molecule has 3 rings (SSSR count). The molecule has 160 valence electrons. The molecule has 0 aromatic carbocycles. The van der Waals surface area contributed by atoms with E-state index >= 15 is 0 Å². The number of carbonyl (C=O) groups is 1. The van der Waals surface area contributed by atoms with Crippen LogP contribution in [0.5, 0.6) is 0 Å². The van der Waals surface area contributed by atoms with Crippen LogP contribution in [-0.4, -0.2) is 47.3 Å². The highest BCUT2D eigenvalue weighted by Gasteiger charge is 2.29. The van der Waals surface area contributed by atoms with E-state index in [1.54, 1.807) is 7.05 Å². The number of nitrogens with zero attached hydrogens (tertiary/aromatic N) is 5. The SMILES string of the molecule is CCCCn1c(SCC(=O)N2C(C)CCCC2C)nc2c1c(=O)n(C)c(=O)n2C. The first-order chi connectivity index (χ1) is 13.8. The number of unbranched alkanes of at least 4 members (excludes halogenated alkanes) is 1. The van der Waals surface area contributed by atoms with Crippen molar-refractivity contribution < 1.29 is 4.79 Å². The van der Waals surface area contributed by atoms with Gasteiger partial charge in [0.15, 0.2) is 16.3 Å². The molecular formula is C20H31N5O3S. The van der Waals surface area contributed by atoms with Crippen LogP contribution in [-0.2, 0) is 25.4 Å². The lowest BCUT2D eigenvalue weighted by molar-refractivity contribution is -0.134. The quantitative estimate of drug-likeness (QED) is 0.667. The zero-order valence-corrected chi connectivity index (χ0v) is 18.8. The predicted molar refractivity (Wildman–Crippen MR) is 115 cm³/mol. The number of amides is 1. The maximum atomic E-state index is 12.9. The second-order valence-corrected chi connectivity index (χ2v) is 8.94. The fourth-order valence-electron chi connectivity index (χ4n) is 4.17. The summed E-state index contributed by atoms with van der Waals surface area (Å²) in [6.07, 6.45) is 5.09. The Morgan fingerprint density at radius 2 is 1.79 bits per heavy atom. The molecule has 2 aromatic rings. The van der Waals surface area contributed by atoms with E-state index in [-0.39, 0.29) is 29.3 Å². The van der Waals surface area contributed by atoms with Crippen LogP contribution in [0, 0.1) is 0 Å². The molecular weight excluding hydrogens is 390 g/mol. The molecule has 1 saturated heterocycles. The van der Waals surface area contributed by atoms with Crippen LogP contribution in [0.15, 0.2) is 14.7 Å². The number of aryl methyl sites for hydroxylation is 2. The smallest absolute Gasteiger partial charge is 0.332 e. The van der Waals surface area contributed by atoms with Crippen LogP contribution < -0.4 is 11.2 Å². The molecule has 3 heterocycles. The third-order valence-corrected chi connectivity index (χ3v) is 6.82. The topological polar surface area (TPSA) is 82.1 Å². The van der Waals surface area contributed by atoms with E-state index in [1.165, 1.54) is 23.4 Å². The van der Waals surface area contributed by atoms with Crippen molar-refractivity contribution in [3.05, 3.63) is 20.8 Å². The van der Waals surface area contributed by atoms with Gasteiger partial charge in [-0.05, 0) is 39.5 Å². The van der Waals surface area contributed by atoms with Gasteiger partial charge in [-0.1, -0.05) is 25.1 Å². The van der Waals surface area contributed by atoms with E-state index in [2.05, 4.69) is 25.8 Å². The van der Waals surface area contributed by atoms with E-state index in [0.29, 0.717) is 22.9 Å². The van der Waals surface area contributed by atoms with Gasteiger partial charge in [-0.2, -0.15) is 0 Å². The molecule has 0 bridgehead atoms. The molecule has 0 radical (unpaired) electrons. The van der Waals surface area contributed by atoms with Crippen LogP contribution in [0.3, 0.4) is 0 Å². The summed E-state index contributed by atoms with van der Waals surface area (Å²) in [4.78, 5) is 44.6. The highest BCUT2D eigenvalue weighted by molar-refractivity contribution is 7.99. The Labute approximate surface area is 174 Å². The molecule has 1 aliphatic heterocycles. The van der Waals surface area contributed by atoms with Gasteiger partial charge in [-0.15, -0.1) is 0 Å². The molecule has 2 unspecified atom stereocenters. The minimum absolute atomic E-state index is 0.102. The highest BCUT2D eigenvalue weighted by Crippen LogP contribution is 2.26. The summed E-state index contributed by atoms with van der Waals surface area (Å²) >= 11 is 1.36. The molecule has 0 saturated carbocycles. The Kier molecular flexibility index (Phi) is 6.55. The first-order valence-corrected chi connectivity index (χ1v) is 11.4. The lowest BCUT2D eigenvalue weighted by Gasteiger charge is -2.39. The van der Waals surface area contributed by atoms with Crippen molar-refractivity contribution in [1.29, 1.82) is 0 Å². The molecule has 2 aromatic heterocycles. The normalized spacial score (nSPS) is 19.8. The lowest BCUT2D eigenvalue weighted by atomic mass is 9.98. The number of hydrogen-bond acceptors (Lipinski definition) is 5. The van der Waals surface area contributed by atoms with Crippen molar-refractivity contribution in [2.75, 3.05) is 5.75 Å². The third kappa shape index (κ3) is 4.01. The van der Waals surface area contributed by atoms with Crippen molar-refractivity contribution in [3.8, 4) is 0 Å². The summed E-state index contributed by atoms with van der Waals surface area (Å²) in [7, 11) is 3.11. The fraction of sp³-hybridized carbons (Fsp3) is 0.700. The van der Waals surface area contributed by atoms with E-state index in [0.717, 1.165) is 36.7 Å². The van der Waals surface area contributed by atoms with E-state index < -0.39 is 5.69 Å². The zero-order chi connectivity index (χ0) is 21.3. The second-order valence-electron chi connectivity index (χ2n) is 8.00. The van der Waals surface area contributed by atoms with E-state index in [9.17, 15) is 14.4 Å². The average molecular weight is 422 g/mol. The van der Waals surface area contributed by atoms with Crippen molar-refractivity contribution in [2.45, 2.75) is 76.7 Å². The standard InChI is InChI=1S/C20H31N5O3S/c1-6-7-11-24-16-17(22(4)20(28)23(5)18(16)27)21-19(24)29-12-15(26)25-13(2)9-8-10-14(25)3/h13-14H,6-12H2,1-5H3. The largest absolute Gasteiger partial charge is 0.337 e. The Morgan fingerprint density at radius 1 is 1.14 bits per heavy atom. The van der Waals surface area contributed by atoms with Crippen LogP contribution in [0.4, 0.5) is 0 Å². The first kappa shape index (κ1) is 21.7. The minimum atomic E-state index is -0.397. The summed E-state index contributed by atoms with van der Waals surface area (Å²) in [5.74, 6) is 0.379. The molecule has 9 heteroatoms. The number of aromatic nitrogens is 4. The minimum Gasteiger partial charge on any atom is -0.337 e. The number of rotatable bonds is 6. The maximum absolute atomic E-state index is 12.9. The van der Waals surface area contributed by atoms with Gasteiger partial charge in [0.05, 0.1) is 5.75 Å². The molecule has 1 fully saturated rings. The molecule has 0 aliphatic carbocycles. The molecule has 0 N–H and O–H groups in total. The van der Waals surface area contributed by atoms with Gasteiger partial charge in [0.1, 0.15) is 0 Å². The lowest BCUT2D eigenvalue weighted by Crippen LogP contribution is -2.48. The summed E-state index contributed by atoms with van der Waals surface area (Å²) in [6, 6.07) is 0.498. The fourth-order valence-corrected chi connectivity index (χ4v) is 5.07. The van der Waals surface area contributed by atoms with E-state index in [4.69, 9.17) is 0 Å². The van der Waals surface area contributed by atoms with Crippen molar-refractivity contribution in [1.82, 2.24) is 23.6 Å². The summed E-state index contributed by atoms with van der Waals surface area (Å²) < 4.78 is 4.39. The van der Waals surface area contributed by atoms with Gasteiger partial charge < -0.3 is 9.47 Å². The van der Waals surface area contributed by atoms with Gasteiger partial charge in [0.2, 0.25) is 5.91 Å². The second kappa shape index (κ2) is 8.77. The van der Waals surface area contributed by atoms with Crippen LogP contribution in [0.1, 0.15) is 52.9 Å². The number of likely N-dealkylation sites (tertiary alicyclic amines) is 1. The number of carbonyl (C=O) groups excluding carboxylic acids is 1. The highest BCUT2D eigenvalue weighted by atomic mass is 32.2. The van der Waals surface area contributed by atoms with Gasteiger partial charge >= 0.3 is 5.69 Å². The molecule has 29 heavy (non-hydrogen) atoms. The summed E-state index contributed by atoms with van der Waals surface area (Å²) in [6.45, 7) is 6.93. The summed E-state index contributed by atoms with van der Waals surface area (Å²) in [5.41, 5.74) is 0.0657. The van der Waals surface area contributed by atoms with Crippen LogP contribution >= 0.6 is 11.8 Å². The molecule has 8 nitrogen and oxygen atoms in total. The van der Waals surface area contributed by atoms with Crippen molar-refractivity contribution in [2.24, 2.45) is 14.1 Å². The molecule has 1 amide bonds. The third-order valence-electron chi connectivity index (χ3n) is 5.85. The first-order valence-electron chi connectivity index (χ1n) is 10.4. The zero-order valence-electron chi connectivity index (χ0n) is 18.0. The van der Waals surface area contributed by atoms with E-state index in [1.807, 2.05) is 9.47 Å². The van der Waals surface area contributed by atoms with Crippen molar-refractivity contribution >= 4 is 28.8 Å². The van der Waals surface area contributed by atoms with Gasteiger partial charge in [-0.3, -0.25) is 18.7 Å². The van der Waals surface area contributed by atoms with Gasteiger partial charge in [0.25, 0.3) is 5.56 Å². The van der Waals surface area contributed by atoms with Gasteiger partial charge in [0, 0.05) is 32.7 Å². The Morgan fingerprint density at radius 3 is 2.41 bits per heavy atom. The van der Waals surface area contributed by atoms with Crippen LogP contribution in [0.2, 0.25) is 0 Å². The van der Waals surface area contributed by atoms with Crippen LogP contribution in [0.25, 0.3) is 11.2 Å². The number of imidazole rings is 1. The Bertz CT molecular complexity index is 1010. The van der Waals surface area contributed by atoms with Crippen molar-refractivity contribution in [3.63, 3.8) is 0 Å². The number of piperidine rings is 1. The predicted octanol–water partition coefficient (Wildman–Crippen LogP) is 2.12. The average Bonchev–Trinajstić information content (AvgIpc) is 3.06. The summed E-state index contributed by atoms with van der Waals surface area (Å²) in [5, 5.41) is 0.623. The number of thioether (sulfide) groups is 1. The number of hydrogen-bond donors (Lipinski definition) is 0.